The van der Waals surface area contributed by atoms with Crippen molar-refractivity contribution in [2.75, 3.05) is 27.4 Å². The number of rotatable bonds is 15. The zero-order valence-electron chi connectivity index (χ0n) is 30.2. The smallest absolute Gasteiger partial charge is 0.407 e. The van der Waals surface area contributed by atoms with Gasteiger partial charge in [-0.15, -0.1) is 0 Å². The van der Waals surface area contributed by atoms with E-state index in [-0.39, 0.29) is 31.0 Å². The number of hydrogen-bond donors (Lipinski definition) is 2. The summed E-state index contributed by atoms with van der Waals surface area (Å²) in [6.07, 6.45) is 1.20. The minimum Gasteiger partial charge on any atom is -0.496 e. The summed E-state index contributed by atoms with van der Waals surface area (Å²) >= 11 is 0. The van der Waals surface area contributed by atoms with Crippen molar-refractivity contribution in [3.05, 3.63) is 148 Å². The average molecular weight is 699 g/mol. The van der Waals surface area contributed by atoms with E-state index in [2.05, 4.69) is 97.3 Å². The normalized spacial score (nSPS) is 11.8. The van der Waals surface area contributed by atoms with Crippen molar-refractivity contribution in [1.82, 2.24) is 10.6 Å². The van der Waals surface area contributed by atoms with Crippen molar-refractivity contribution >= 4 is 12.0 Å². The fourth-order valence-electron chi connectivity index (χ4n) is 6.72. The van der Waals surface area contributed by atoms with E-state index in [0.29, 0.717) is 48.7 Å². The summed E-state index contributed by atoms with van der Waals surface area (Å²) in [5.41, 5.74) is 9.77. The van der Waals surface area contributed by atoms with Crippen LogP contribution in [-0.2, 0) is 16.1 Å². The van der Waals surface area contributed by atoms with Crippen LogP contribution in [0.2, 0.25) is 0 Å². The third-order valence-electron chi connectivity index (χ3n) is 9.53. The van der Waals surface area contributed by atoms with Gasteiger partial charge < -0.3 is 29.6 Å². The van der Waals surface area contributed by atoms with Crippen molar-refractivity contribution in [1.29, 1.82) is 0 Å². The molecule has 0 heterocycles. The predicted molar refractivity (Wildman–Crippen MR) is 203 cm³/mol. The second-order valence-corrected chi connectivity index (χ2v) is 13.1. The van der Waals surface area contributed by atoms with E-state index in [4.69, 9.17) is 18.9 Å². The molecule has 5 aromatic rings. The number of methoxy groups -OCH3 is 2. The maximum atomic E-state index is 13.1. The van der Waals surface area contributed by atoms with Gasteiger partial charge in [-0.05, 0) is 60.1 Å². The molecule has 2 amide bonds. The summed E-state index contributed by atoms with van der Waals surface area (Å²) in [6.45, 7) is 4.89. The van der Waals surface area contributed by atoms with Crippen molar-refractivity contribution in [2.45, 2.75) is 51.6 Å². The first-order valence-corrected chi connectivity index (χ1v) is 17.7. The molecule has 8 heteroatoms. The van der Waals surface area contributed by atoms with Gasteiger partial charge in [0.25, 0.3) is 0 Å². The van der Waals surface area contributed by atoms with E-state index in [1.165, 1.54) is 22.3 Å². The highest BCUT2D eigenvalue weighted by Gasteiger charge is 2.29. The third-order valence-corrected chi connectivity index (χ3v) is 9.53. The van der Waals surface area contributed by atoms with E-state index in [1.54, 1.807) is 26.4 Å². The number of ether oxygens (including phenoxy) is 4. The van der Waals surface area contributed by atoms with Crippen LogP contribution in [-0.4, -0.2) is 39.4 Å². The van der Waals surface area contributed by atoms with Crippen LogP contribution in [0.1, 0.15) is 70.2 Å². The highest BCUT2D eigenvalue weighted by Crippen LogP contribution is 2.44. The largest absolute Gasteiger partial charge is 0.496 e. The first-order valence-electron chi connectivity index (χ1n) is 17.7. The Bertz CT molecular complexity index is 1870. The molecule has 0 aromatic heterocycles. The van der Waals surface area contributed by atoms with Crippen LogP contribution in [0.15, 0.2) is 109 Å². The van der Waals surface area contributed by atoms with Gasteiger partial charge in [0.2, 0.25) is 5.91 Å². The quantitative estimate of drug-likeness (QED) is 0.106. The Labute approximate surface area is 306 Å². The van der Waals surface area contributed by atoms with E-state index in [0.717, 1.165) is 22.3 Å². The maximum Gasteiger partial charge on any atom is 0.407 e. The van der Waals surface area contributed by atoms with E-state index in [1.807, 2.05) is 24.3 Å². The average Bonchev–Trinajstić information content (AvgIpc) is 3.49. The fraction of sp³-hybridized carbons (Fsp3) is 0.273. The van der Waals surface area contributed by atoms with Gasteiger partial charge >= 0.3 is 6.09 Å². The molecule has 2 N–H and O–H groups in total. The molecule has 0 saturated heterocycles. The van der Waals surface area contributed by atoms with Crippen LogP contribution < -0.4 is 24.8 Å². The van der Waals surface area contributed by atoms with Gasteiger partial charge in [0.05, 0.1) is 39.0 Å². The second-order valence-electron chi connectivity index (χ2n) is 13.1. The van der Waals surface area contributed by atoms with E-state index >= 15 is 0 Å². The summed E-state index contributed by atoms with van der Waals surface area (Å²) in [5, 5.41) is 6.08. The number of hydrogen-bond acceptors (Lipinski definition) is 6. The van der Waals surface area contributed by atoms with Gasteiger partial charge in [-0.3, -0.25) is 4.79 Å². The maximum absolute atomic E-state index is 13.1. The SMILES string of the molecule is COc1cc(OCCCCC(=O)NC(c2ccc(C)cc2)c2ccc(C)cc2)cc(OC)c1CNC(=O)OCC1c2ccccc2-c2ccccc21. The van der Waals surface area contributed by atoms with Crippen molar-refractivity contribution < 1.29 is 28.5 Å². The summed E-state index contributed by atoms with van der Waals surface area (Å²) in [7, 11) is 3.13. The first kappa shape index (κ1) is 36.0. The van der Waals surface area contributed by atoms with Gasteiger partial charge in [-0.2, -0.15) is 0 Å². The predicted octanol–water partition coefficient (Wildman–Crippen LogP) is 8.81. The van der Waals surface area contributed by atoms with E-state index < -0.39 is 6.09 Å². The second kappa shape index (κ2) is 17.0. The Morgan fingerprint density at radius 2 is 1.25 bits per heavy atom. The fourth-order valence-corrected chi connectivity index (χ4v) is 6.72. The van der Waals surface area contributed by atoms with Gasteiger partial charge in [-0.1, -0.05) is 108 Å². The van der Waals surface area contributed by atoms with Crippen LogP contribution in [0.5, 0.6) is 17.2 Å². The number of nitrogens with one attached hydrogen (secondary N) is 2. The molecule has 0 atom stereocenters. The van der Waals surface area contributed by atoms with Crippen molar-refractivity contribution in [3.8, 4) is 28.4 Å². The van der Waals surface area contributed by atoms with Crippen LogP contribution in [0.3, 0.4) is 0 Å². The molecule has 6 rings (SSSR count). The Balaban J connectivity index is 0.986. The Morgan fingerprint density at radius 3 is 1.79 bits per heavy atom. The molecule has 0 radical (unpaired) electrons. The minimum atomic E-state index is -0.528. The summed E-state index contributed by atoms with van der Waals surface area (Å²) < 4.78 is 23.1. The number of carbonyl (C=O) groups excluding carboxylic acids is 2. The molecule has 5 aromatic carbocycles. The highest BCUT2D eigenvalue weighted by molar-refractivity contribution is 5.79. The van der Waals surface area contributed by atoms with Crippen molar-refractivity contribution in [3.63, 3.8) is 0 Å². The lowest BCUT2D eigenvalue weighted by Crippen LogP contribution is -2.29. The summed E-state index contributed by atoms with van der Waals surface area (Å²) in [6, 6.07) is 36.3. The number of benzene rings is 5. The number of unbranched alkanes of at least 4 members (excludes halogenated alkanes) is 1. The molecule has 52 heavy (non-hydrogen) atoms. The molecule has 1 aliphatic carbocycles. The molecule has 0 bridgehead atoms. The molecular weight excluding hydrogens is 652 g/mol. The number of aryl methyl sites for hydroxylation is 2. The molecule has 268 valence electrons. The number of carbonyl (C=O) groups is 2. The Hall–Kier alpha value is -5.76. The van der Waals surface area contributed by atoms with Crippen LogP contribution in [0.4, 0.5) is 4.79 Å². The molecule has 0 spiro atoms. The lowest BCUT2D eigenvalue weighted by molar-refractivity contribution is -0.121. The molecular formula is C44H46N2O6. The Morgan fingerprint density at radius 1 is 0.712 bits per heavy atom. The topological polar surface area (TPSA) is 95.1 Å². The zero-order valence-corrected chi connectivity index (χ0v) is 30.2. The monoisotopic (exact) mass is 698 g/mol. The molecule has 1 aliphatic rings. The van der Waals surface area contributed by atoms with Crippen LogP contribution >= 0.6 is 0 Å². The minimum absolute atomic E-state index is 0.0113. The Kier molecular flexibility index (Phi) is 11.8. The number of fused-ring (bicyclic) bond motifs is 3. The van der Waals surface area contributed by atoms with Gasteiger partial charge in [0.15, 0.2) is 0 Å². The molecule has 0 fully saturated rings. The van der Waals surface area contributed by atoms with Crippen LogP contribution in [0.25, 0.3) is 11.1 Å². The molecule has 0 saturated carbocycles. The molecule has 8 nitrogen and oxygen atoms in total. The first-order chi connectivity index (χ1) is 25.3. The van der Waals surface area contributed by atoms with E-state index in [9.17, 15) is 9.59 Å². The van der Waals surface area contributed by atoms with Gasteiger partial charge in [-0.25, -0.2) is 4.79 Å². The van der Waals surface area contributed by atoms with Crippen molar-refractivity contribution in [2.24, 2.45) is 0 Å². The molecule has 0 unspecified atom stereocenters. The standard InChI is InChI=1S/C44H46N2O6/c1-29-16-20-31(21-17-29)43(32-22-18-30(2)19-23-32)46-42(47)15-9-10-24-51-33-25-40(49-3)38(41(26-33)50-4)27-45-44(48)52-28-39-36-13-7-5-11-34(36)35-12-6-8-14-37(35)39/h5-8,11-14,16-23,25-26,39,43H,9-10,15,24,27-28H2,1-4H3,(H,45,48)(H,46,47). The van der Waals surface area contributed by atoms with Crippen LogP contribution in [0, 0.1) is 13.8 Å². The third kappa shape index (κ3) is 8.57. The number of alkyl carbamates (subject to hydrolysis) is 1. The summed E-state index contributed by atoms with van der Waals surface area (Å²) in [4.78, 5) is 25.9. The zero-order chi connectivity index (χ0) is 36.5. The van der Waals surface area contributed by atoms with Gasteiger partial charge in [0, 0.05) is 24.5 Å². The lowest BCUT2D eigenvalue weighted by atomic mass is 9.96. The summed E-state index contributed by atoms with van der Waals surface area (Å²) in [5.74, 6) is 1.57. The molecule has 0 aliphatic heterocycles. The lowest BCUT2D eigenvalue weighted by Gasteiger charge is -2.20. The highest BCUT2D eigenvalue weighted by atomic mass is 16.5. The number of amides is 2. The van der Waals surface area contributed by atoms with Gasteiger partial charge in [0.1, 0.15) is 23.9 Å².